The van der Waals surface area contributed by atoms with E-state index in [-0.39, 0.29) is 0 Å². The van der Waals surface area contributed by atoms with Gasteiger partial charge in [0.2, 0.25) is 0 Å². The zero-order valence-corrected chi connectivity index (χ0v) is 44.3. The fourth-order valence-electron chi connectivity index (χ4n) is 2.41. The summed E-state index contributed by atoms with van der Waals surface area (Å²) in [5.41, 5.74) is 0. The Morgan fingerprint density at radius 3 is 0.848 bits per heavy atom. The Bertz CT molecular complexity index is 1670. The molecule has 0 heterocycles. The van der Waals surface area contributed by atoms with Gasteiger partial charge in [0, 0.05) is 0 Å². The molecule has 0 N–H and O–H groups in total. The molecule has 0 aromatic heterocycles. The average Bonchev–Trinajstić information content (AvgIpc) is 3.00. The predicted molar refractivity (Wildman–Crippen MR) is 161 cm³/mol. The zero-order chi connectivity index (χ0) is 36.6. The van der Waals surface area contributed by atoms with Crippen LogP contribution in [0.2, 0.25) is 26.2 Å². The van der Waals surface area contributed by atoms with Crippen LogP contribution in [0.15, 0.2) is 0 Å². The molecule has 0 aromatic rings. The molecule has 239 valence electrons. The van der Waals surface area contributed by atoms with Crippen molar-refractivity contribution in [3.8, 4) is 0 Å². The third-order valence-electron chi connectivity index (χ3n) is 4.37. The van der Waals surface area contributed by atoms with Crippen molar-refractivity contribution in [3.05, 3.63) is 0 Å². The first-order valence-electron chi connectivity index (χ1n) is 11.3. The van der Waals surface area contributed by atoms with Gasteiger partial charge in [-0.3, -0.25) is 0 Å². The summed E-state index contributed by atoms with van der Waals surface area (Å²) in [6.07, 6.45) is 0. The fourth-order valence-corrected chi connectivity index (χ4v) is 203. The van der Waals surface area contributed by atoms with Gasteiger partial charge in [-0.25, -0.2) is 0 Å². The molecule has 0 amide bonds. The normalized spacial score (nSPS) is 11.0. The van der Waals surface area contributed by atoms with Gasteiger partial charge in [-0.15, -0.1) is 0 Å². The number of rotatable bonds is 22. The summed E-state index contributed by atoms with van der Waals surface area (Å²) in [6, 6.07) is 0. The van der Waals surface area contributed by atoms with Crippen LogP contribution in [0.1, 0.15) is 0 Å². The van der Waals surface area contributed by atoms with Gasteiger partial charge in [-0.2, -0.15) is 0 Å². The molecular weight excluding hydrogens is 974 g/mol. The van der Waals surface area contributed by atoms with Crippen molar-refractivity contribution >= 4 is 166 Å². The highest BCUT2D eigenvalue weighted by Crippen LogP contribution is 2.05. The minimum absolute atomic E-state index is 1.42. The molecule has 0 saturated carbocycles. The summed E-state index contributed by atoms with van der Waals surface area (Å²) in [6.45, 7) is 6.68. The lowest BCUT2D eigenvalue weighted by Gasteiger charge is -2.22. The minimum atomic E-state index is -4.40. The molecule has 1 unspecified atom stereocenters. The van der Waals surface area contributed by atoms with E-state index in [1.165, 1.54) is 6.55 Å². The monoisotopic (exact) mass is 985 g/mol. The molecule has 0 spiro atoms. The van der Waals surface area contributed by atoms with Crippen molar-refractivity contribution in [1.82, 2.24) is 0 Å². The lowest BCUT2D eigenvalue weighted by molar-refractivity contribution is 0.403. The molecule has 0 aliphatic carbocycles. The number of hydrogen-bond acceptors (Lipinski definition) is 21. The second-order valence-electron chi connectivity index (χ2n) is 8.90. The van der Waals surface area contributed by atoms with Crippen LogP contribution in [0.5, 0.6) is 0 Å². The van der Waals surface area contributed by atoms with Crippen molar-refractivity contribution in [2.45, 2.75) is 26.2 Å². The zero-order valence-electron chi connectivity index (χ0n) is 23.2. The van der Waals surface area contributed by atoms with Gasteiger partial charge in [0.15, 0.2) is 8.32 Å². The minimum Gasteiger partial charge on any atom is -0.560 e. The molecule has 0 bridgehead atoms. The van der Waals surface area contributed by atoms with Gasteiger partial charge >= 0.3 is 158 Å². The van der Waals surface area contributed by atoms with Crippen molar-refractivity contribution in [2.24, 2.45) is 0 Å². The third-order valence-corrected chi connectivity index (χ3v) is 145. The second kappa shape index (κ2) is 20.4. The van der Waals surface area contributed by atoms with E-state index in [0.717, 1.165) is 0 Å². The molecule has 46 heavy (non-hydrogen) atoms. The summed E-state index contributed by atoms with van der Waals surface area (Å²) >= 11 is 0. The first-order chi connectivity index (χ1) is 20.8. The van der Waals surface area contributed by atoms with Gasteiger partial charge < -0.3 is 93.0 Å². The SMILES string of the molecule is C[SiH](O[Si](=O)[Si](=O)[Si](=O)[Si](=O)[Si](=O)[Si](=O)[Si](=O)[Si](=O)[Si](=O)[Si](=O)[Si](=O)[Si](=O)[Si](=O)[Si](=O)[Si](=O)[Si](=O)[Si](=O)[Si](=O)[Si]=O)O[Si](C)(C)C. The first-order valence-corrected chi connectivity index (χ1v) is 61.0. The van der Waals surface area contributed by atoms with E-state index < -0.39 is 166 Å². The van der Waals surface area contributed by atoms with Crippen molar-refractivity contribution < 1.29 is 93.0 Å². The Morgan fingerprint density at radius 2 is 0.630 bits per heavy atom. The smallest absolute Gasteiger partial charge is 0.533 e. The second-order valence-corrected chi connectivity index (χ2v) is 102. The third kappa shape index (κ3) is 13.3. The Hall–Kier alpha value is 0.515. The largest absolute Gasteiger partial charge is 0.560 e. The van der Waals surface area contributed by atoms with E-state index in [1.54, 1.807) is 19.6 Å². The quantitative estimate of drug-likeness (QED) is 0.0909. The summed E-state index contributed by atoms with van der Waals surface area (Å²) in [5.74, 6) is 0. The highest BCUT2D eigenvalue weighted by Gasteiger charge is 2.56. The van der Waals surface area contributed by atoms with Gasteiger partial charge in [-0.1, -0.05) is 0 Å². The molecule has 1 atom stereocenters. The van der Waals surface area contributed by atoms with Gasteiger partial charge in [0.25, 0.3) is 0 Å². The maximum atomic E-state index is 12.5. The van der Waals surface area contributed by atoms with E-state index in [0.29, 0.717) is 0 Å². The van der Waals surface area contributed by atoms with E-state index in [9.17, 15) is 84.8 Å². The lowest BCUT2D eigenvalue weighted by Crippen LogP contribution is -2.56. The van der Waals surface area contributed by atoms with E-state index >= 15 is 0 Å². The average molecular weight is 987 g/mol. The summed E-state index contributed by atoms with van der Waals surface area (Å²) in [7, 11) is -80.9. The van der Waals surface area contributed by atoms with E-state index in [2.05, 4.69) is 0 Å². The summed E-state index contributed by atoms with van der Waals surface area (Å²) < 4.78 is 242. The number of hydrogen-bond donors (Lipinski definition) is 0. The van der Waals surface area contributed by atoms with Crippen LogP contribution in [-0.4, -0.2) is 166 Å². The van der Waals surface area contributed by atoms with Crippen molar-refractivity contribution in [2.75, 3.05) is 0 Å². The Balaban J connectivity index is 5.63. The predicted octanol–water partition coefficient (Wildman–Crippen LogP) is -8.32. The standard InChI is InChI=1S/C4H13O21Si21/c1-27(25-46(2,3)4)24-28(6)30(8)32(10)34(12)36(14)38(16)40(18)42(20)44(22)45(23)43(21)41(19)39(17)37(15)35(13)33(11)31(9)29(7)26-5/h27H,1-4H3. The molecule has 0 aliphatic heterocycles. The fraction of sp³-hybridized carbons (Fsp3) is 1.00. The summed E-state index contributed by atoms with van der Waals surface area (Å²) in [4.78, 5) is 0. The van der Waals surface area contributed by atoms with Crippen LogP contribution in [0.25, 0.3) is 0 Å². The maximum absolute atomic E-state index is 12.5. The van der Waals surface area contributed by atoms with Crippen LogP contribution < -0.4 is 0 Å². The van der Waals surface area contributed by atoms with Crippen LogP contribution in [0, 0.1) is 0 Å². The molecular formula is C4H13O21Si21. The van der Waals surface area contributed by atoms with Crippen molar-refractivity contribution in [1.29, 1.82) is 0 Å². The Morgan fingerprint density at radius 1 is 0.413 bits per heavy atom. The summed E-state index contributed by atoms with van der Waals surface area (Å²) in [5, 5.41) is 0. The van der Waals surface area contributed by atoms with Crippen LogP contribution in [0.4, 0.5) is 0 Å². The van der Waals surface area contributed by atoms with Gasteiger partial charge in [-0.05, 0) is 26.2 Å². The maximum Gasteiger partial charge on any atom is 0.533 e. The molecule has 0 rings (SSSR count). The Kier molecular flexibility index (Phi) is 20.6. The van der Waals surface area contributed by atoms with Gasteiger partial charge in [0.05, 0.1) is 0 Å². The lowest BCUT2D eigenvalue weighted by atomic mass is 11.8. The molecule has 0 aromatic carbocycles. The molecule has 21 nitrogen and oxygen atoms in total. The van der Waals surface area contributed by atoms with E-state index in [1.807, 2.05) is 0 Å². The van der Waals surface area contributed by atoms with Gasteiger partial charge in [0.1, 0.15) is 0 Å². The first kappa shape index (κ1) is 46.5. The molecule has 42 heteroatoms. The highest BCUT2D eigenvalue weighted by atomic mass is 30.1. The molecule has 0 aliphatic rings. The molecule has 1 radical (unpaired) electrons. The van der Waals surface area contributed by atoms with Crippen LogP contribution >= 0.6 is 0 Å². The van der Waals surface area contributed by atoms with Crippen LogP contribution in [-0.2, 0) is 93.0 Å². The van der Waals surface area contributed by atoms with E-state index in [4.69, 9.17) is 8.23 Å². The topological polar surface area (TPSA) is 343 Å². The highest BCUT2D eigenvalue weighted by molar-refractivity contribution is 7.82. The Labute approximate surface area is 283 Å². The molecule has 0 saturated heterocycles. The van der Waals surface area contributed by atoms with Crippen molar-refractivity contribution in [3.63, 3.8) is 0 Å². The van der Waals surface area contributed by atoms with Crippen LogP contribution in [0.3, 0.4) is 0 Å². The molecule has 0 fully saturated rings.